The van der Waals surface area contributed by atoms with Crippen molar-refractivity contribution in [1.82, 2.24) is 0 Å². The number of hydrogen-bond donors (Lipinski definition) is 0. The van der Waals surface area contributed by atoms with Crippen molar-refractivity contribution in [3.05, 3.63) is 53.6 Å². The van der Waals surface area contributed by atoms with Crippen LogP contribution in [0, 0.1) is 6.92 Å². The van der Waals surface area contributed by atoms with E-state index in [2.05, 4.69) is 19.1 Å². The predicted octanol–water partition coefficient (Wildman–Crippen LogP) is 3.91. The topological polar surface area (TPSA) is 26.3 Å². The lowest BCUT2D eigenvalue weighted by molar-refractivity contribution is -0.142. The normalized spacial score (nSPS) is 13.1. The molecular weight excluding hydrogens is 224 g/mol. The van der Waals surface area contributed by atoms with Gasteiger partial charge >= 0.3 is 5.97 Å². The van der Waals surface area contributed by atoms with E-state index in [1.165, 1.54) is 11.6 Å². The summed E-state index contributed by atoms with van der Waals surface area (Å²) in [5, 5.41) is 0. The van der Waals surface area contributed by atoms with E-state index in [9.17, 15) is 4.79 Å². The van der Waals surface area contributed by atoms with E-state index in [1.807, 2.05) is 38.1 Å². The lowest BCUT2D eigenvalue weighted by Crippen LogP contribution is -2.11. The van der Waals surface area contributed by atoms with E-state index in [-0.39, 0.29) is 12.1 Å². The van der Waals surface area contributed by atoms with Gasteiger partial charge in [-0.25, -0.2) is 4.79 Å². The van der Waals surface area contributed by atoms with Crippen LogP contribution in [0.15, 0.2) is 42.5 Å². The zero-order valence-electron chi connectivity index (χ0n) is 11.2. The molecule has 0 aromatic heterocycles. The van der Waals surface area contributed by atoms with Crippen LogP contribution in [0.2, 0.25) is 0 Å². The Morgan fingerprint density at radius 2 is 1.94 bits per heavy atom. The van der Waals surface area contributed by atoms with Gasteiger partial charge in [-0.3, -0.25) is 0 Å². The Morgan fingerprint density at radius 1 is 1.28 bits per heavy atom. The maximum atomic E-state index is 11.3. The first-order chi connectivity index (χ1) is 8.61. The molecule has 0 heterocycles. The molecule has 1 aromatic rings. The van der Waals surface area contributed by atoms with Gasteiger partial charge in [0, 0.05) is 6.08 Å². The average molecular weight is 244 g/mol. The second-order valence-electron chi connectivity index (χ2n) is 4.28. The van der Waals surface area contributed by atoms with Crippen LogP contribution >= 0.6 is 0 Å². The van der Waals surface area contributed by atoms with E-state index in [4.69, 9.17) is 4.74 Å². The molecule has 0 N–H and O–H groups in total. The Kier molecular flexibility index (Phi) is 5.92. The lowest BCUT2D eigenvalue weighted by Gasteiger charge is -2.07. The molecular formula is C16H20O2. The van der Waals surface area contributed by atoms with Crippen LogP contribution in [-0.2, 0) is 9.53 Å². The second-order valence-corrected chi connectivity index (χ2v) is 4.28. The summed E-state index contributed by atoms with van der Waals surface area (Å²) >= 11 is 0. The minimum Gasteiger partial charge on any atom is -0.460 e. The van der Waals surface area contributed by atoms with Crippen LogP contribution < -0.4 is 0 Å². The first kappa shape index (κ1) is 14.2. The van der Waals surface area contributed by atoms with Gasteiger partial charge in [0.2, 0.25) is 0 Å². The number of rotatable bonds is 5. The number of hydrogen-bond acceptors (Lipinski definition) is 2. The zero-order chi connectivity index (χ0) is 13.4. The standard InChI is InChI=1S/C16H20O2/c1-4-14(3)18-16(17)8-6-5-7-15-11-9-13(2)10-12-15/h5-12,14H,4H2,1-3H3/b7-5+,8-6+. The summed E-state index contributed by atoms with van der Waals surface area (Å²) in [5.41, 5.74) is 2.35. The fourth-order valence-electron chi connectivity index (χ4n) is 1.30. The fraction of sp³-hybridized carbons (Fsp3) is 0.312. The van der Waals surface area contributed by atoms with Gasteiger partial charge in [-0.05, 0) is 25.8 Å². The maximum absolute atomic E-state index is 11.3. The fourth-order valence-corrected chi connectivity index (χ4v) is 1.30. The predicted molar refractivity (Wildman–Crippen MR) is 75.2 cm³/mol. The third kappa shape index (κ3) is 5.48. The quantitative estimate of drug-likeness (QED) is 0.446. The van der Waals surface area contributed by atoms with Gasteiger partial charge in [0.1, 0.15) is 0 Å². The number of carbonyl (C=O) groups excluding carboxylic acids is 1. The number of benzene rings is 1. The molecule has 0 amide bonds. The van der Waals surface area contributed by atoms with Gasteiger partial charge in [-0.1, -0.05) is 55.0 Å². The molecule has 0 spiro atoms. The van der Waals surface area contributed by atoms with Crippen LogP contribution in [0.4, 0.5) is 0 Å². The van der Waals surface area contributed by atoms with Gasteiger partial charge in [0.25, 0.3) is 0 Å². The van der Waals surface area contributed by atoms with Gasteiger partial charge in [0.15, 0.2) is 0 Å². The SMILES string of the molecule is CCC(C)OC(=O)/C=C/C=C/c1ccc(C)cc1. The van der Waals surface area contributed by atoms with Crippen molar-refractivity contribution in [2.45, 2.75) is 33.3 Å². The Balaban J connectivity index is 2.44. The summed E-state index contributed by atoms with van der Waals surface area (Å²) in [6.45, 7) is 5.92. The largest absolute Gasteiger partial charge is 0.460 e. The lowest BCUT2D eigenvalue weighted by atomic mass is 10.1. The highest BCUT2D eigenvalue weighted by atomic mass is 16.5. The molecule has 2 nitrogen and oxygen atoms in total. The molecule has 1 aromatic carbocycles. The summed E-state index contributed by atoms with van der Waals surface area (Å²) in [4.78, 5) is 11.3. The smallest absolute Gasteiger partial charge is 0.331 e. The number of esters is 1. The van der Waals surface area contributed by atoms with Crippen molar-refractivity contribution < 1.29 is 9.53 Å². The molecule has 1 rings (SSSR count). The minimum atomic E-state index is -0.294. The Labute approximate surface area is 109 Å². The molecule has 1 unspecified atom stereocenters. The van der Waals surface area contributed by atoms with Crippen molar-refractivity contribution in [3.63, 3.8) is 0 Å². The Bertz CT molecular complexity index is 427. The summed E-state index contributed by atoms with van der Waals surface area (Å²) in [5.74, 6) is -0.294. The van der Waals surface area contributed by atoms with Gasteiger partial charge in [-0.15, -0.1) is 0 Å². The van der Waals surface area contributed by atoms with E-state index >= 15 is 0 Å². The van der Waals surface area contributed by atoms with E-state index in [0.717, 1.165) is 12.0 Å². The zero-order valence-corrected chi connectivity index (χ0v) is 11.2. The van der Waals surface area contributed by atoms with Crippen LogP contribution in [0.25, 0.3) is 6.08 Å². The molecule has 0 fully saturated rings. The molecule has 1 atom stereocenters. The molecule has 0 saturated carbocycles. The molecule has 0 radical (unpaired) electrons. The maximum Gasteiger partial charge on any atom is 0.331 e. The van der Waals surface area contributed by atoms with Crippen LogP contribution in [-0.4, -0.2) is 12.1 Å². The van der Waals surface area contributed by atoms with Crippen molar-refractivity contribution in [2.75, 3.05) is 0 Å². The van der Waals surface area contributed by atoms with Gasteiger partial charge < -0.3 is 4.74 Å². The highest BCUT2D eigenvalue weighted by Gasteiger charge is 2.02. The van der Waals surface area contributed by atoms with Crippen LogP contribution in [0.5, 0.6) is 0 Å². The van der Waals surface area contributed by atoms with E-state index < -0.39 is 0 Å². The average Bonchev–Trinajstić information content (AvgIpc) is 2.36. The Morgan fingerprint density at radius 3 is 2.56 bits per heavy atom. The summed E-state index contributed by atoms with van der Waals surface area (Å²) < 4.78 is 5.11. The number of ether oxygens (including phenoxy) is 1. The van der Waals surface area contributed by atoms with E-state index in [1.54, 1.807) is 6.08 Å². The Hall–Kier alpha value is -1.83. The molecule has 2 heteroatoms. The van der Waals surface area contributed by atoms with Crippen molar-refractivity contribution >= 4 is 12.0 Å². The summed E-state index contributed by atoms with van der Waals surface area (Å²) in [6, 6.07) is 8.19. The van der Waals surface area contributed by atoms with Crippen molar-refractivity contribution in [2.24, 2.45) is 0 Å². The second kappa shape index (κ2) is 7.49. The highest BCUT2D eigenvalue weighted by molar-refractivity contribution is 5.82. The minimum absolute atomic E-state index is 0.0248. The van der Waals surface area contributed by atoms with Crippen molar-refractivity contribution in [3.8, 4) is 0 Å². The van der Waals surface area contributed by atoms with Crippen molar-refractivity contribution in [1.29, 1.82) is 0 Å². The number of carbonyl (C=O) groups is 1. The first-order valence-corrected chi connectivity index (χ1v) is 6.24. The molecule has 18 heavy (non-hydrogen) atoms. The monoisotopic (exact) mass is 244 g/mol. The molecule has 0 aliphatic rings. The summed E-state index contributed by atoms with van der Waals surface area (Å²) in [6.07, 6.45) is 7.73. The molecule has 0 bridgehead atoms. The van der Waals surface area contributed by atoms with Gasteiger partial charge in [0.05, 0.1) is 6.10 Å². The molecule has 0 aliphatic heterocycles. The van der Waals surface area contributed by atoms with Gasteiger partial charge in [-0.2, -0.15) is 0 Å². The molecule has 96 valence electrons. The third-order valence-electron chi connectivity index (χ3n) is 2.60. The summed E-state index contributed by atoms with van der Waals surface area (Å²) in [7, 11) is 0. The first-order valence-electron chi connectivity index (χ1n) is 6.24. The molecule has 0 saturated heterocycles. The van der Waals surface area contributed by atoms with Crippen LogP contribution in [0.1, 0.15) is 31.4 Å². The third-order valence-corrected chi connectivity index (χ3v) is 2.60. The van der Waals surface area contributed by atoms with Crippen LogP contribution in [0.3, 0.4) is 0 Å². The number of aryl methyl sites for hydroxylation is 1. The molecule has 0 aliphatic carbocycles. The number of allylic oxidation sites excluding steroid dienone is 2. The van der Waals surface area contributed by atoms with E-state index in [0.29, 0.717) is 0 Å². The highest BCUT2D eigenvalue weighted by Crippen LogP contribution is 2.05.